The molecule has 0 spiro atoms. The van der Waals surface area contributed by atoms with Crippen molar-refractivity contribution in [1.29, 1.82) is 0 Å². The molecular formula is C22H21Cl3N4OS. The van der Waals surface area contributed by atoms with Crippen LogP contribution < -0.4 is 10.2 Å². The molecule has 0 aliphatic rings. The summed E-state index contributed by atoms with van der Waals surface area (Å²) >= 11 is 19.6. The minimum absolute atomic E-state index is 0.127. The van der Waals surface area contributed by atoms with Gasteiger partial charge in [-0.05, 0) is 41.8 Å². The largest absolute Gasteiger partial charge is 0.363 e. The first-order valence-corrected chi connectivity index (χ1v) is 11.6. The average Bonchev–Trinajstić information content (AvgIpc) is 2.73. The third kappa shape index (κ3) is 7.01. The first-order chi connectivity index (χ1) is 14.8. The summed E-state index contributed by atoms with van der Waals surface area (Å²) < 4.78 is 0. The Bertz CT molecular complexity index is 1060. The summed E-state index contributed by atoms with van der Waals surface area (Å²) in [6.07, 6.45) is 0.630. The predicted octanol–water partition coefficient (Wildman–Crippen LogP) is 5.77. The molecule has 2 aromatic carbocycles. The monoisotopic (exact) mass is 494 g/mol. The summed E-state index contributed by atoms with van der Waals surface area (Å²) in [6, 6.07) is 14.6. The maximum atomic E-state index is 12.4. The molecule has 0 aliphatic heterocycles. The Labute approximate surface area is 201 Å². The molecule has 1 N–H and O–H groups in total. The molecule has 0 saturated carbocycles. The van der Waals surface area contributed by atoms with Gasteiger partial charge in [0.15, 0.2) is 5.16 Å². The predicted molar refractivity (Wildman–Crippen MR) is 130 cm³/mol. The summed E-state index contributed by atoms with van der Waals surface area (Å²) in [5.74, 6) is 1.30. The van der Waals surface area contributed by atoms with Crippen LogP contribution >= 0.6 is 46.6 Å². The molecule has 1 amide bonds. The van der Waals surface area contributed by atoms with Gasteiger partial charge in [-0.1, -0.05) is 64.8 Å². The van der Waals surface area contributed by atoms with Crippen molar-refractivity contribution < 1.29 is 4.79 Å². The Hall–Kier alpha value is -1.99. The fraction of sp³-hybridized carbons (Fsp3) is 0.227. The number of nitrogens with zero attached hydrogens (tertiary/aromatic N) is 3. The molecule has 0 radical (unpaired) electrons. The standard InChI is InChI=1S/C22H21Cl3N4OS/c1-29(2)20-12-19(25)27-22(28-20)31-13-14-3-5-16(6-4-14)21(30)26-10-9-15-7-8-17(23)11-18(15)24/h3-8,11-12H,9-10,13H2,1-2H3,(H,26,30). The maximum Gasteiger partial charge on any atom is 0.251 e. The number of benzene rings is 2. The number of hydrogen-bond donors (Lipinski definition) is 1. The van der Waals surface area contributed by atoms with Crippen LogP contribution in [-0.2, 0) is 12.2 Å². The topological polar surface area (TPSA) is 58.1 Å². The lowest BCUT2D eigenvalue weighted by Crippen LogP contribution is -2.25. The van der Waals surface area contributed by atoms with E-state index in [0.717, 1.165) is 16.9 Å². The van der Waals surface area contributed by atoms with E-state index in [-0.39, 0.29) is 5.91 Å². The highest BCUT2D eigenvalue weighted by Gasteiger charge is 2.09. The van der Waals surface area contributed by atoms with E-state index in [9.17, 15) is 4.79 Å². The van der Waals surface area contributed by atoms with E-state index in [2.05, 4.69) is 15.3 Å². The van der Waals surface area contributed by atoms with Crippen LogP contribution in [0.3, 0.4) is 0 Å². The molecule has 3 aromatic rings. The van der Waals surface area contributed by atoms with Crippen molar-refractivity contribution in [1.82, 2.24) is 15.3 Å². The second-order valence-electron chi connectivity index (χ2n) is 6.95. The van der Waals surface area contributed by atoms with E-state index >= 15 is 0 Å². The van der Waals surface area contributed by atoms with Gasteiger partial charge in [0.25, 0.3) is 5.91 Å². The van der Waals surface area contributed by atoms with Gasteiger partial charge in [-0.2, -0.15) is 0 Å². The SMILES string of the molecule is CN(C)c1cc(Cl)nc(SCc2ccc(C(=O)NCCc3ccc(Cl)cc3Cl)cc2)n1. The average molecular weight is 496 g/mol. The molecular weight excluding hydrogens is 475 g/mol. The lowest BCUT2D eigenvalue weighted by Gasteiger charge is -2.12. The van der Waals surface area contributed by atoms with Gasteiger partial charge in [0.05, 0.1) is 0 Å². The highest BCUT2D eigenvalue weighted by Crippen LogP contribution is 2.24. The van der Waals surface area contributed by atoms with Crippen molar-refractivity contribution in [2.75, 3.05) is 25.5 Å². The molecule has 1 heterocycles. The van der Waals surface area contributed by atoms with Crippen molar-refractivity contribution in [3.8, 4) is 0 Å². The number of aromatic nitrogens is 2. The first kappa shape index (κ1) is 23.7. The highest BCUT2D eigenvalue weighted by atomic mass is 35.5. The van der Waals surface area contributed by atoms with E-state index in [1.54, 1.807) is 18.2 Å². The van der Waals surface area contributed by atoms with Crippen LogP contribution in [0.5, 0.6) is 0 Å². The van der Waals surface area contributed by atoms with Crippen LogP contribution in [-0.4, -0.2) is 36.5 Å². The lowest BCUT2D eigenvalue weighted by molar-refractivity contribution is 0.0954. The molecule has 0 bridgehead atoms. The number of halogens is 3. The number of thioether (sulfide) groups is 1. The number of hydrogen-bond acceptors (Lipinski definition) is 5. The molecule has 0 atom stereocenters. The van der Waals surface area contributed by atoms with E-state index < -0.39 is 0 Å². The molecule has 0 fully saturated rings. The van der Waals surface area contributed by atoms with Crippen LogP contribution in [0.25, 0.3) is 0 Å². The molecule has 0 aliphatic carbocycles. The molecule has 5 nitrogen and oxygen atoms in total. The summed E-state index contributed by atoms with van der Waals surface area (Å²) in [6.45, 7) is 0.484. The number of carbonyl (C=O) groups excluding carboxylic acids is 1. The number of anilines is 1. The van der Waals surface area contributed by atoms with Crippen molar-refractivity contribution in [3.05, 3.63) is 80.4 Å². The van der Waals surface area contributed by atoms with Gasteiger partial charge in [0.2, 0.25) is 0 Å². The van der Waals surface area contributed by atoms with E-state index in [4.69, 9.17) is 34.8 Å². The Morgan fingerprint density at radius 2 is 1.77 bits per heavy atom. The molecule has 0 unspecified atom stereocenters. The van der Waals surface area contributed by atoms with Crippen molar-refractivity contribution in [3.63, 3.8) is 0 Å². The van der Waals surface area contributed by atoms with E-state index in [1.165, 1.54) is 11.8 Å². The zero-order valence-corrected chi connectivity index (χ0v) is 20.1. The Morgan fingerprint density at radius 3 is 2.45 bits per heavy atom. The van der Waals surface area contributed by atoms with Crippen molar-refractivity contribution in [2.45, 2.75) is 17.3 Å². The third-order valence-electron chi connectivity index (χ3n) is 4.40. The Morgan fingerprint density at radius 1 is 1.03 bits per heavy atom. The van der Waals surface area contributed by atoms with Crippen LogP contribution in [0.15, 0.2) is 53.7 Å². The van der Waals surface area contributed by atoms with Crippen LogP contribution in [0, 0.1) is 0 Å². The van der Waals surface area contributed by atoms with Crippen LogP contribution in [0.2, 0.25) is 15.2 Å². The second kappa shape index (κ2) is 11.0. The second-order valence-corrected chi connectivity index (χ2v) is 9.13. The fourth-order valence-corrected chi connectivity index (χ4v) is 4.26. The van der Waals surface area contributed by atoms with Gasteiger partial charge in [-0.15, -0.1) is 0 Å². The zero-order valence-electron chi connectivity index (χ0n) is 17.0. The van der Waals surface area contributed by atoms with Crippen molar-refractivity contribution in [2.24, 2.45) is 0 Å². The van der Waals surface area contributed by atoms with Gasteiger partial charge in [-0.25, -0.2) is 9.97 Å². The first-order valence-electron chi connectivity index (χ1n) is 9.47. The Kier molecular flexibility index (Phi) is 8.43. The van der Waals surface area contributed by atoms with Gasteiger partial charge in [0, 0.05) is 48.1 Å². The van der Waals surface area contributed by atoms with E-state index in [0.29, 0.717) is 44.6 Å². The quantitative estimate of drug-likeness (QED) is 0.244. The molecule has 31 heavy (non-hydrogen) atoms. The molecule has 3 rings (SSSR count). The van der Waals surface area contributed by atoms with Crippen LogP contribution in [0.1, 0.15) is 21.5 Å². The lowest BCUT2D eigenvalue weighted by atomic mass is 10.1. The van der Waals surface area contributed by atoms with Gasteiger partial charge >= 0.3 is 0 Å². The number of amides is 1. The summed E-state index contributed by atoms with van der Waals surface area (Å²) in [5.41, 5.74) is 2.61. The van der Waals surface area contributed by atoms with Crippen LogP contribution in [0.4, 0.5) is 5.82 Å². The minimum Gasteiger partial charge on any atom is -0.363 e. The number of nitrogens with one attached hydrogen (secondary N) is 1. The summed E-state index contributed by atoms with van der Waals surface area (Å²) in [4.78, 5) is 23.0. The van der Waals surface area contributed by atoms with E-state index in [1.807, 2.05) is 49.3 Å². The fourth-order valence-electron chi connectivity index (χ4n) is 2.72. The smallest absolute Gasteiger partial charge is 0.251 e. The summed E-state index contributed by atoms with van der Waals surface area (Å²) in [7, 11) is 3.81. The Balaban J connectivity index is 1.52. The molecule has 1 aromatic heterocycles. The number of carbonyl (C=O) groups is 1. The highest BCUT2D eigenvalue weighted by molar-refractivity contribution is 7.98. The molecule has 0 saturated heterocycles. The molecule has 162 valence electrons. The molecule has 9 heteroatoms. The normalized spacial score (nSPS) is 10.7. The maximum absolute atomic E-state index is 12.4. The van der Waals surface area contributed by atoms with Gasteiger partial charge < -0.3 is 10.2 Å². The van der Waals surface area contributed by atoms with Gasteiger partial charge in [0.1, 0.15) is 11.0 Å². The van der Waals surface area contributed by atoms with Gasteiger partial charge in [-0.3, -0.25) is 4.79 Å². The van der Waals surface area contributed by atoms with Crippen molar-refractivity contribution >= 4 is 58.3 Å². The third-order valence-corrected chi connectivity index (χ3v) is 6.10. The summed E-state index contributed by atoms with van der Waals surface area (Å²) in [5, 5.41) is 5.13. The minimum atomic E-state index is -0.127. The number of rotatable bonds is 8. The zero-order chi connectivity index (χ0) is 22.4.